The van der Waals surface area contributed by atoms with Crippen molar-refractivity contribution in [1.29, 1.82) is 0 Å². The summed E-state index contributed by atoms with van der Waals surface area (Å²) in [7, 11) is -1.52. The van der Waals surface area contributed by atoms with E-state index in [1.165, 1.54) is 6.07 Å². The molecule has 0 amide bonds. The maximum absolute atomic E-state index is 11.7. The molecular formula is C10H12F3NO2S. The second kappa shape index (κ2) is 5.50. The lowest BCUT2D eigenvalue weighted by Gasteiger charge is -2.08. The van der Waals surface area contributed by atoms with Crippen molar-refractivity contribution in [3.05, 3.63) is 23.8 Å². The van der Waals surface area contributed by atoms with Crippen LogP contribution in [0, 0.1) is 6.92 Å². The zero-order chi connectivity index (χ0) is 13.1. The fourth-order valence-electron chi connectivity index (χ4n) is 1.14. The topological polar surface area (TPSA) is 52.3 Å². The predicted octanol–water partition coefficient (Wildman–Crippen LogP) is 2.22. The van der Waals surface area contributed by atoms with E-state index in [-0.39, 0.29) is 5.75 Å². The number of aryl methyl sites for hydroxylation is 1. The molecule has 0 fully saturated rings. The quantitative estimate of drug-likeness (QED) is 0.851. The van der Waals surface area contributed by atoms with E-state index in [4.69, 9.17) is 5.73 Å². The number of benzene rings is 1. The molecule has 1 unspecified atom stereocenters. The van der Waals surface area contributed by atoms with Gasteiger partial charge in [-0.1, -0.05) is 0 Å². The first-order valence-corrected chi connectivity index (χ1v) is 6.06. The highest BCUT2D eigenvalue weighted by Gasteiger charge is 2.28. The second-order valence-electron chi connectivity index (χ2n) is 3.36. The Labute approximate surface area is 99.2 Å². The van der Waals surface area contributed by atoms with Gasteiger partial charge in [-0.05, 0) is 30.7 Å². The Kier molecular flexibility index (Phi) is 4.53. The van der Waals surface area contributed by atoms with E-state index in [1.54, 1.807) is 19.1 Å². The predicted molar refractivity (Wildman–Crippen MR) is 58.9 cm³/mol. The van der Waals surface area contributed by atoms with Crippen LogP contribution in [-0.4, -0.2) is 22.9 Å². The van der Waals surface area contributed by atoms with Gasteiger partial charge in [0.25, 0.3) is 0 Å². The molecule has 96 valence electrons. The summed E-state index contributed by atoms with van der Waals surface area (Å²) >= 11 is 0. The van der Waals surface area contributed by atoms with Crippen molar-refractivity contribution in [2.75, 3.05) is 18.1 Å². The third-order valence-corrected chi connectivity index (χ3v) is 3.36. The van der Waals surface area contributed by atoms with Crippen molar-refractivity contribution in [3.63, 3.8) is 0 Å². The van der Waals surface area contributed by atoms with Gasteiger partial charge in [-0.2, -0.15) is 0 Å². The lowest BCUT2D eigenvalue weighted by atomic mass is 10.2. The number of halogens is 3. The summed E-state index contributed by atoms with van der Waals surface area (Å²) in [6, 6.07) is 4.71. The van der Waals surface area contributed by atoms with Crippen molar-refractivity contribution in [2.24, 2.45) is 0 Å². The summed E-state index contributed by atoms with van der Waals surface area (Å²) in [5, 5.41) is 0. The van der Waals surface area contributed by atoms with E-state index in [2.05, 4.69) is 4.74 Å². The minimum atomic E-state index is -4.68. The van der Waals surface area contributed by atoms with Crippen LogP contribution in [0.25, 0.3) is 0 Å². The van der Waals surface area contributed by atoms with E-state index in [9.17, 15) is 17.4 Å². The van der Waals surface area contributed by atoms with Gasteiger partial charge in [0.05, 0.1) is 23.2 Å². The van der Waals surface area contributed by atoms with Crippen LogP contribution in [0.1, 0.15) is 5.56 Å². The summed E-state index contributed by atoms with van der Waals surface area (Å²) in [5.74, 6) is -0.205. The highest BCUT2D eigenvalue weighted by atomic mass is 32.2. The first kappa shape index (κ1) is 14.0. The normalized spacial score (nSPS) is 13.6. The lowest BCUT2D eigenvalue weighted by molar-refractivity contribution is -0.322. The first-order valence-electron chi connectivity index (χ1n) is 4.75. The third kappa shape index (κ3) is 4.74. The number of hydrogen-bond donors (Lipinski definition) is 1. The molecule has 1 rings (SSSR count). The molecule has 0 saturated carbocycles. The minimum absolute atomic E-state index is 0.205. The molecule has 1 atom stereocenters. The molecule has 0 bridgehead atoms. The number of nitrogens with two attached hydrogens (primary N) is 1. The van der Waals surface area contributed by atoms with Crippen LogP contribution in [0.15, 0.2) is 23.1 Å². The highest BCUT2D eigenvalue weighted by Crippen LogP contribution is 2.18. The number of ether oxygens (including phenoxy) is 1. The molecule has 0 aliphatic rings. The Hall–Kier alpha value is -1.08. The molecule has 0 aliphatic carbocycles. The fourth-order valence-corrected chi connectivity index (χ4v) is 2.14. The van der Waals surface area contributed by atoms with Crippen LogP contribution in [0.5, 0.6) is 0 Å². The van der Waals surface area contributed by atoms with Gasteiger partial charge >= 0.3 is 6.36 Å². The van der Waals surface area contributed by atoms with Crippen LogP contribution in [0.4, 0.5) is 18.9 Å². The molecule has 0 aliphatic heterocycles. The summed E-state index contributed by atoms with van der Waals surface area (Å²) in [6.07, 6.45) is -4.68. The van der Waals surface area contributed by atoms with Gasteiger partial charge in [0, 0.05) is 10.6 Å². The maximum atomic E-state index is 11.7. The lowest BCUT2D eigenvalue weighted by Crippen LogP contribution is -2.17. The van der Waals surface area contributed by atoms with Gasteiger partial charge in [0.1, 0.15) is 0 Å². The van der Waals surface area contributed by atoms with Crippen molar-refractivity contribution >= 4 is 16.5 Å². The zero-order valence-corrected chi connectivity index (χ0v) is 9.90. The average molecular weight is 267 g/mol. The summed E-state index contributed by atoms with van der Waals surface area (Å²) in [5.41, 5.74) is 6.87. The Morgan fingerprint density at radius 1 is 1.41 bits per heavy atom. The van der Waals surface area contributed by atoms with E-state index < -0.39 is 23.8 Å². The van der Waals surface area contributed by atoms with Crippen molar-refractivity contribution in [1.82, 2.24) is 0 Å². The molecule has 1 aromatic rings. The Morgan fingerprint density at radius 3 is 2.59 bits per heavy atom. The molecule has 7 heteroatoms. The average Bonchev–Trinajstić information content (AvgIpc) is 2.20. The third-order valence-electron chi connectivity index (χ3n) is 2.04. The van der Waals surface area contributed by atoms with Crippen molar-refractivity contribution < 1.29 is 22.1 Å². The number of rotatable bonds is 4. The molecule has 0 spiro atoms. The molecular weight excluding hydrogens is 255 g/mol. The fraction of sp³-hybridized carbons (Fsp3) is 0.400. The molecule has 0 aromatic heterocycles. The van der Waals surface area contributed by atoms with E-state index in [0.717, 1.165) is 5.56 Å². The van der Waals surface area contributed by atoms with Gasteiger partial charge in [0.2, 0.25) is 0 Å². The van der Waals surface area contributed by atoms with E-state index in [0.29, 0.717) is 10.6 Å². The molecule has 0 heterocycles. The van der Waals surface area contributed by atoms with Crippen LogP contribution in [-0.2, 0) is 15.5 Å². The Morgan fingerprint density at radius 2 is 2.06 bits per heavy atom. The Bertz CT molecular complexity index is 421. The molecule has 2 N–H and O–H groups in total. The van der Waals surface area contributed by atoms with Gasteiger partial charge in [-0.15, -0.1) is 13.2 Å². The van der Waals surface area contributed by atoms with Gasteiger partial charge < -0.3 is 5.73 Å². The van der Waals surface area contributed by atoms with Gasteiger partial charge in [0.15, 0.2) is 0 Å². The SMILES string of the molecule is Cc1cc(S(=O)CCOC(F)(F)F)ccc1N. The largest absolute Gasteiger partial charge is 0.522 e. The van der Waals surface area contributed by atoms with Crippen LogP contribution >= 0.6 is 0 Å². The van der Waals surface area contributed by atoms with Crippen LogP contribution in [0.3, 0.4) is 0 Å². The maximum Gasteiger partial charge on any atom is 0.522 e. The number of anilines is 1. The zero-order valence-electron chi connectivity index (χ0n) is 9.08. The molecule has 3 nitrogen and oxygen atoms in total. The second-order valence-corrected chi connectivity index (χ2v) is 4.93. The summed E-state index contributed by atoms with van der Waals surface area (Å²) < 4.78 is 50.2. The van der Waals surface area contributed by atoms with Gasteiger partial charge in [-0.3, -0.25) is 8.95 Å². The number of hydrogen-bond acceptors (Lipinski definition) is 3. The first-order chi connectivity index (χ1) is 7.79. The van der Waals surface area contributed by atoms with Crippen LogP contribution < -0.4 is 5.73 Å². The van der Waals surface area contributed by atoms with Crippen molar-refractivity contribution in [3.8, 4) is 0 Å². The van der Waals surface area contributed by atoms with Crippen LogP contribution in [0.2, 0.25) is 0 Å². The summed E-state index contributed by atoms with van der Waals surface area (Å²) in [4.78, 5) is 0.447. The number of alkyl halides is 3. The van der Waals surface area contributed by atoms with Gasteiger partial charge in [-0.25, -0.2) is 0 Å². The molecule has 17 heavy (non-hydrogen) atoms. The Balaban J connectivity index is 2.56. The monoisotopic (exact) mass is 267 g/mol. The van der Waals surface area contributed by atoms with E-state index >= 15 is 0 Å². The van der Waals surface area contributed by atoms with Crippen molar-refractivity contribution in [2.45, 2.75) is 18.2 Å². The highest BCUT2D eigenvalue weighted by molar-refractivity contribution is 7.85. The summed E-state index contributed by atoms with van der Waals surface area (Å²) in [6.45, 7) is 1.11. The molecule has 0 radical (unpaired) electrons. The van der Waals surface area contributed by atoms with E-state index in [1.807, 2.05) is 0 Å². The molecule has 0 saturated heterocycles. The number of nitrogen functional groups attached to an aromatic ring is 1. The standard InChI is InChI=1S/C10H12F3NO2S/c1-7-6-8(2-3-9(7)14)17(15)5-4-16-10(11,12)13/h2-3,6H,4-5,14H2,1H3. The smallest absolute Gasteiger partial charge is 0.399 e. The molecule has 1 aromatic carbocycles. The minimum Gasteiger partial charge on any atom is -0.399 e.